The van der Waals surface area contributed by atoms with Gasteiger partial charge in [-0.05, 0) is 56.2 Å². The van der Waals surface area contributed by atoms with E-state index >= 15 is 0 Å². The second kappa shape index (κ2) is 6.38. The van der Waals surface area contributed by atoms with Gasteiger partial charge in [-0.15, -0.1) is 5.10 Å². The third-order valence-corrected chi connectivity index (χ3v) is 4.42. The van der Waals surface area contributed by atoms with Crippen molar-refractivity contribution in [3.63, 3.8) is 0 Å². The second-order valence-electron chi connectivity index (χ2n) is 6.18. The van der Waals surface area contributed by atoms with E-state index in [9.17, 15) is 0 Å². The van der Waals surface area contributed by atoms with Crippen LogP contribution in [0.4, 0.5) is 0 Å². The Kier molecular flexibility index (Phi) is 4.05. The van der Waals surface area contributed by atoms with E-state index in [0.29, 0.717) is 28.0 Å². The van der Waals surface area contributed by atoms with E-state index in [-0.39, 0.29) is 0 Å². The third-order valence-electron chi connectivity index (χ3n) is 4.09. The second-order valence-corrected chi connectivity index (χ2v) is 6.59. The maximum atomic E-state index is 6.21. The highest BCUT2D eigenvalue weighted by atomic mass is 35.5. The molecule has 7 heteroatoms. The highest BCUT2D eigenvalue weighted by Gasteiger charge is 2.19. The first kappa shape index (κ1) is 16.5. The molecule has 26 heavy (non-hydrogen) atoms. The Labute approximate surface area is 155 Å². The minimum Gasteiger partial charge on any atom is -0.332 e. The molecule has 0 saturated heterocycles. The van der Waals surface area contributed by atoms with Crippen LogP contribution in [0.2, 0.25) is 5.02 Å². The van der Waals surface area contributed by atoms with Crippen LogP contribution in [0.1, 0.15) is 16.8 Å². The number of hydrogen-bond donors (Lipinski definition) is 0. The summed E-state index contributed by atoms with van der Waals surface area (Å²) in [6.07, 6.45) is 0. The number of benzene rings is 2. The zero-order valence-electron chi connectivity index (χ0n) is 14.6. The summed E-state index contributed by atoms with van der Waals surface area (Å²) in [5, 5.41) is 13.1. The van der Waals surface area contributed by atoms with Crippen LogP contribution < -0.4 is 0 Å². The molecule has 0 radical (unpaired) electrons. The van der Waals surface area contributed by atoms with Crippen LogP contribution in [-0.2, 0) is 0 Å². The van der Waals surface area contributed by atoms with Crippen molar-refractivity contribution in [2.45, 2.75) is 20.8 Å². The summed E-state index contributed by atoms with van der Waals surface area (Å²) in [4.78, 5) is 4.44. The molecule has 0 aliphatic carbocycles. The van der Waals surface area contributed by atoms with Gasteiger partial charge in [0, 0.05) is 5.56 Å². The van der Waals surface area contributed by atoms with Gasteiger partial charge in [-0.1, -0.05) is 40.2 Å². The van der Waals surface area contributed by atoms with Gasteiger partial charge in [0.15, 0.2) is 5.69 Å². The number of halogens is 1. The van der Waals surface area contributed by atoms with Crippen molar-refractivity contribution in [3.05, 3.63) is 64.3 Å². The van der Waals surface area contributed by atoms with E-state index < -0.39 is 0 Å². The van der Waals surface area contributed by atoms with Crippen LogP contribution in [0.5, 0.6) is 0 Å². The predicted molar refractivity (Wildman–Crippen MR) is 99.3 cm³/mol. The molecule has 130 valence electrons. The first-order valence-corrected chi connectivity index (χ1v) is 8.50. The van der Waals surface area contributed by atoms with E-state index in [1.54, 1.807) is 10.7 Å². The average molecular weight is 366 g/mol. The summed E-state index contributed by atoms with van der Waals surface area (Å²) >= 11 is 6.21. The van der Waals surface area contributed by atoms with Gasteiger partial charge in [-0.3, -0.25) is 0 Å². The van der Waals surface area contributed by atoms with Crippen molar-refractivity contribution < 1.29 is 4.52 Å². The molecule has 2 heterocycles. The summed E-state index contributed by atoms with van der Waals surface area (Å²) in [6.45, 7) is 6.03. The van der Waals surface area contributed by atoms with E-state index in [2.05, 4.69) is 52.5 Å². The standard InChI is InChI=1S/C19H16ClN5O/c1-11-8-12(2)10-14(9-11)25-13(3)17(22-24-25)19-21-18(23-26-19)15-6-4-5-7-16(15)20/h4-10H,1-3H3. The molecule has 4 aromatic rings. The Balaban J connectivity index is 1.74. The monoisotopic (exact) mass is 365 g/mol. The van der Waals surface area contributed by atoms with E-state index in [1.165, 1.54) is 0 Å². The summed E-state index contributed by atoms with van der Waals surface area (Å²) < 4.78 is 7.17. The molecule has 0 spiro atoms. The molecule has 0 aliphatic rings. The van der Waals surface area contributed by atoms with Gasteiger partial charge in [0.2, 0.25) is 5.82 Å². The first-order valence-electron chi connectivity index (χ1n) is 8.13. The topological polar surface area (TPSA) is 69.6 Å². The highest BCUT2D eigenvalue weighted by molar-refractivity contribution is 6.33. The zero-order chi connectivity index (χ0) is 18.3. The fraction of sp³-hybridized carbons (Fsp3) is 0.158. The summed E-state index contributed by atoms with van der Waals surface area (Å²) in [7, 11) is 0. The largest absolute Gasteiger partial charge is 0.332 e. The van der Waals surface area contributed by atoms with Crippen molar-refractivity contribution in [1.82, 2.24) is 25.1 Å². The minimum absolute atomic E-state index is 0.313. The normalized spacial score (nSPS) is 11.1. The van der Waals surface area contributed by atoms with Gasteiger partial charge in [-0.2, -0.15) is 4.98 Å². The predicted octanol–water partition coefficient (Wildman–Crippen LogP) is 4.56. The lowest BCUT2D eigenvalue weighted by molar-refractivity contribution is 0.430. The van der Waals surface area contributed by atoms with Crippen molar-refractivity contribution in [2.75, 3.05) is 0 Å². The van der Waals surface area contributed by atoms with Crippen LogP contribution in [0.3, 0.4) is 0 Å². The molecule has 2 aromatic carbocycles. The SMILES string of the molecule is Cc1cc(C)cc(-n2nnc(-c3nc(-c4ccccc4Cl)no3)c2C)c1. The number of hydrogen-bond acceptors (Lipinski definition) is 5. The smallest absolute Gasteiger partial charge is 0.280 e. The molecule has 0 saturated carbocycles. The lowest BCUT2D eigenvalue weighted by Crippen LogP contribution is -2.00. The number of aromatic nitrogens is 5. The molecule has 0 fully saturated rings. The maximum absolute atomic E-state index is 6.21. The Morgan fingerprint density at radius 3 is 2.46 bits per heavy atom. The van der Waals surface area contributed by atoms with Crippen LogP contribution in [0.15, 0.2) is 47.0 Å². The molecule has 6 nitrogen and oxygen atoms in total. The van der Waals surface area contributed by atoms with Crippen LogP contribution in [-0.4, -0.2) is 25.1 Å². The van der Waals surface area contributed by atoms with Crippen molar-refractivity contribution in [1.29, 1.82) is 0 Å². The van der Waals surface area contributed by atoms with Crippen LogP contribution in [0, 0.1) is 20.8 Å². The zero-order valence-corrected chi connectivity index (χ0v) is 15.3. The molecule has 0 N–H and O–H groups in total. The lowest BCUT2D eigenvalue weighted by Gasteiger charge is -2.06. The molecule has 0 aliphatic heterocycles. The molecule has 0 atom stereocenters. The lowest BCUT2D eigenvalue weighted by atomic mass is 10.1. The summed E-state index contributed by atoms with van der Waals surface area (Å²) in [5.41, 5.74) is 5.36. The van der Waals surface area contributed by atoms with Gasteiger partial charge in [0.1, 0.15) is 0 Å². The van der Waals surface area contributed by atoms with E-state index in [4.69, 9.17) is 16.1 Å². The Hall–Kier alpha value is -2.99. The van der Waals surface area contributed by atoms with E-state index in [1.807, 2.05) is 25.1 Å². The van der Waals surface area contributed by atoms with Gasteiger partial charge in [-0.25, -0.2) is 4.68 Å². The van der Waals surface area contributed by atoms with Gasteiger partial charge in [0.05, 0.1) is 16.4 Å². The molecule has 0 unspecified atom stereocenters. The average Bonchev–Trinajstić information content (AvgIpc) is 3.21. The fourth-order valence-electron chi connectivity index (χ4n) is 2.92. The first-order chi connectivity index (χ1) is 12.5. The van der Waals surface area contributed by atoms with Gasteiger partial charge < -0.3 is 4.52 Å². The summed E-state index contributed by atoms with van der Waals surface area (Å²) in [6, 6.07) is 13.6. The number of nitrogens with zero attached hydrogens (tertiary/aromatic N) is 5. The molecule has 4 rings (SSSR count). The third kappa shape index (κ3) is 2.88. The van der Waals surface area contributed by atoms with E-state index in [0.717, 1.165) is 22.5 Å². The minimum atomic E-state index is 0.313. The van der Waals surface area contributed by atoms with Crippen molar-refractivity contribution >= 4 is 11.6 Å². The Bertz CT molecular complexity index is 1080. The molecule has 0 bridgehead atoms. The molecule has 2 aromatic heterocycles. The maximum Gasteiger partial charge on any atom is 0.280 e. The fourth-order valence-corrected chi connectivity index (χ4v) is 3.14. The Morgan fingerprint density at radius 2 is 1.73 bits per heavy atom. The highest BCUT2D eigenvalue weighted by Crippen LogP contribution is 2.28. The molecule has 0 amide bonds. The van der Waals surface area contributed by atoms with Crippen molar-refractivity contribution in [3.8, 4) is 28.7 Å². The quantitative estimate of drug-likeness (QED) is 0.532. The van der Waals surface area contributed by atoms with Gasteiger partial charge in [0.25, 0.3) is 5.89 Å². The van der Waals surface area contributed by atoms with Crippen LogP contribution >= 0.6 is 11.6 Å². The Morgan fingerprint density at radius 1 is 1.00 bits per heavy atom. The van der Waals surface area contributed by atoms with Gasteiger partial charge >= 0.3 is 0 Å². The summed E-state index contributed by atoms with van der Waals surface area (Å²) in [5.74, 6) is 0.735. The number of rotatable bonds is 3. The number of aryl methyl sites for hydroxylation is 2. The van der Waals surface area contributed by atoms with Crippen LogP contribution in [0.25, 0.3) is 28.7 Å². The molecular formula is C19H16ClN5O. The van der Waals surface area contributed by atoms with Crippen molar-refractivity contribution in [2.24, 2.45) is 0 Å². The molecular weight excluding hydrogens is 350 g/mol.